The van der Waals surface area contributed by atoms with E-state index in [-0.39, 0.29) is 11.6 Å². The number of carbonyl (C=O) groups is 2. The van der Waals surface area contributed by atoms with Crippen molar-refractivity contribution in [1.82, 2.24) is 9.97 Å². The Labute approximate surface area is 252 Å². The third-order valence-corrected chi connectivity index (χ3v) is 8.45. The molecule has 8 heteroatoms. The molecule has 7 rings (SSSR count). The summed E-state index contributed by atoms with van der Waals surface area (Å²) in [4.78, 5) is 42.2. The SMILES string of the molecule is O=C1c2ccccc2C(=O)c2c1c(-c1ccccn1)nc1c2N(c2ccc(I)cc2)CN1c1ccc(I)cc1. The number of benzene rings is 3. The molecule has 2 aromatic heterocycles. The summed E-state index contributed by atoms with van der Waals surface area (Å²) in [7, 11) is 0. The van der Waals surface area contributed by atoms with Crippen molar-refractivity contribution in [3.05, 3.63) is 127 Å². The zero-order valence-electron chi connectivity index (χ0n) is 20.3. The minimum absolute atomic E-state index is 0.184. The molecule has 3 heterocycles. The number of ketones is 2. The van der Waals surface area contributed by atoms with E-state index in [0.717, 1.165) is 18.5 Å². The first-order chi connectivity index (χ1) is 19.0. The van der Waals surface area contributed by atoms with Crippen molar-refractivity contribution < 1.29 is 9.59 Å². The van der Waals surface area contributed by atoms with Gasteiger partial charge in [0.25, 0.3) is 0 Å². The van der Waals surface area contributed by atoms with E-state index in [1.165, 1.54) is 0 Å². The fourth-order valence-electron chi connectivity index (χ4n) is 5.22. The van der Waals surface area contributed by atoms with Crippen molar-refractivity contribution in [3.8, 4) is 11.4 Å². The molecule has 0 radical (unpaired) electrons. The van der Waals surface area contributed by atoms with E-state index < -0.39 is 0 Å². The van der Waals surface area contributed by atoms with Crippen LogP contribution in [-0.4, -0.2) is 28.2 Å². The molecule has 39 heavy (non-hydrogen) atoms. The summed E-state index contributed by atoms with van der Waals surface area (Å²) in [6.07, 6.45) is 1.68. The lowest BCUT2D eigenvalue weighted by Crippen LogP contribution is -2.26. The first-order valence-corrected chi connectivity index (χ1v) is 14.4. The van der Waals surface area contributed by atoms with Crippen LogP contribution in [0.5, 0.6) is 0 Å². The van der Waals surface area contributed by atoms with Crippen molar-refractivity contribution in [2.75, 3.05) is 16.5 Å². The summed E-state index contributed by atoms with van der Waals surface area (Å²) in [5.41, 5.74) is 4.93. The summed E-state index contributed by atoms with van der Waals surface area (Å²) in [6.45, 7) is 0.435. The van der Waals surface area contributed by atoms with Crippen molar-refractivity contribution in [2.45, 2.75) is 0 Å². The highest BCUT2D eigenvalue weighted by molar-refractivity contribution is 14.1. The molecule has 5 aromatic rings. The Hall–Kier alpha value is -3.64. The van der Waals surface area contributed by atoms with Gasteiger partial charge in [-0.3, -0.25) is 14.6 Å². The Morgan fingerprint density at radius 1 is 0.641 bits per heavy atom. The lowest BCUT2D eigenvalue weighted by Gasteiger charge is -2.25. The minimum Gasteiger partial charge on any atom is -0.319 e. The molecule has 0 amide bonds. The molecule has 0 fully saturated rings. The predicted octanol–water partition coefficient (Wildman–Crippen LogP) is 7.38. The van der Waals surface area contributed by atoms with Crippen LogP contribution in [0.15, 0.2) is 97.2 Å². The third-order valence-electron chi connectivity index (χ3n) is 7.02. The Bertz CT molecular complexity index is 1790. The molecule has 1 aliphatic heterocycles. The lowest BCUT2D eigenvalue weighted by molar-refractivity contribution is 0.0980. The normalized spacial score (nSPS) is 13.8. The van der Waals surface area contributed by atoms with Crippen LogP contribution in [0.3, 0.4) is 0 Å². The number of pyridine rings is 2. The Morgan fingerprint density at radius 3 is 1.79 bits per heavy atom. The Morgan fingerprint density at radius 2 is 1.21 bits per heavy atom. The monoisotopic (exact) mass is 732 g/mol. The van der Waals surface area contributed by atoms with Crippen molar-refractivity contribution in [2.24, 2.45) is 0 Å². The zero-order valence-corrected chi connectivity index (χ0v) is 24.6. The van der Waals surface area contributed by atoms with E-state index >= 15 is 0 Å². The van der Waals surface area contributed by atoms with Gasteiger partial charge in [-0.05, 0) is 106 Å². The molecule has 0 saturated heterocycles. The summed E-state index contributed by atoms with van der Waals surface area (Å²) < 4.78 is 2.23. The summed E-state index contributed by atoms with van der Waals surface area (Å²) in [5.74, 6) is 0.220. The third kappa shape index (κ3) is 3.96. The van der Waals surface area contributed by atoms with Crippen LogP contribution < -0.4 is 9.80 Å². The molecule has 2 aliphatic rings. The van der Waals surface area contributed by atoms with Gasteiger partial charge in [0.2, 0.25) is 0 Å². The topological polar surface area (TPSA) is 66.4 Å². The van der Waals surface area contributed by atoms with Crippen molar-refractivity contribution in [3.63, 3.8) is 0 Å². The minimum atomic E-state index is -0.216. The van der Waals surface area contributed by atoms with Gasteiger partial charge in [0.15, 0.2) is 17.4 Å². The predicted molar refractivity (Wildman–Crippen MR) is 168 cm³/mol. The second-order valence-electron chi connectivity index (χ2n) is 9.25. The van der Waals surface area contributed by atoms with Gasteiger partial charge in [-0.2, -0.15) is 0 Å². The number of carbonyl (C=O) groups excluding carboxylic acids is 2. The average molecular weight is 732 g/mol. The number of hydrogen-bond acceptors (Lipinski definition) is 6. The first kappa shape index (κ1) is 24.4. The van der Waals surface area contributed by atoms with Crippen LogP contribution in [0.2, 0.25) is 0 Å². The number of halogens is 2. The van der Waals surface area contributed by atoms with Crippen LogP contribution in [0.4, 0.5) is 22.9 Å². The van der Waals surface area contributed by atoms with Crippen LogP contribution in [0.1, 0.15) is 31.8 Å². The van der Waals surface area contributed by atoms with Gasteiger partial charge in [0.05, 0.1) is 22.5 Å². The number of anilines is 4. The molecule has 3 aromatic carbocycles. The summed E-state index contributed by atoms with van der Waals surface area (Å²) in [5, 5.41) is 0. The Kier molecular flexibility index (Phi) is 5.96. The van der Waals surface area contributed by atoms with Crippen LogP contribution in [0, 0.1) is 7.14 Å². The van der Waals surface area contributed by atoms with Crippen molar-refractivity contribution >= 4 is 79.6 Å². The molecule has 0 atom stereocenters. The average Bonchev–Trinajstić information content (AvgIpc) is 3.35. The van der Waals surface area contributed by atoms with Gasteiger partial charge in [0.1, 0.15) is 12.4 Å². The maximum atomic E-state index is 14.3. The standard InChI is InChI=1S/C31H18I2N4O2/c32-18-8-12-20(13-9-18)36-17-37(21-14-10-19(33)11-15-21)31-28(36)26-25(27(35-31)24-7-3-4-16-34-24)29(38)22-5-1-2-6-23(22)30(26)39/h1-16H,17H2. The van der Waals surface area contributed by atoms with E-state index in [0.29, 0.717) is 51.8 Å². The molecule has 0 bridgehead atoms. The molecule has 1 aliphatic carbocycles. The Balaban J connectivity index is 1.57. The van der Waals surface area contributed by atoms with Crippen LogP contribution >= 0.6 is 45.2 Å². The number of fused-ring (bicyclic) bond motifs is 4. The molecule has 0 spiro atoms. The van der Waals surface area contributed by atoms with Gasteiger partial charge in [-0.25, -0.2) is 4.98 Å². The fraction of sp³-hybridized carbons (Fsp3) is 0.0323. The van der Waals surface area contributed by atoms with E-state index in [1.54, 1.807) is 30.5 Å². The molecule has 0 saturated carbocycles. The number of aromatic nitrogens is 2. The van der Waals surface area contributed by atoms with Crippen LogP contribution in [-0.2, 0) is 0 Å². The van der Waals surface area contributed by atoms with Crippen LogP contribution in [0.25, 0.3) is 11.4 Å². The maximum absolute atomic E-state index is 14.3. The number of nitrogens with zero attached hydrogens (tertiary/aromatic N) is 4. The van der Waals surface area contributed by atoms with Gasteiger partial charge >= 0.3 is 0 Å². The highest BCUT2D eigenvalue weighted by Gasteiger charge is 2.42. The van der Waals surface area contributed by atoms with E-state index in [1.807, 2.05) is 66.7 Å². The highest BCUT2D eigenvalue weighted by Crippen LogP contribution is 2.50. The largest absolute Gasteiger partial charge is 0.319 e. The van der Waals surface area contributed by atoms with Gasteiger partial charge < -0.3 is 9.80 Å². The molecular formula is C31H18I2N4O2. The summed E-state index contributed by atoms with van der Waals surface area (Å²) in [6, 6.07) is 28.9. The van der Waals surface area contributed by atoms with E-state index in [4.69, 9.17) is 4.98 Å². The number of hydrogen-bond donors (Lipinski definition) is 0. The maximum Gasteiger partial charge on any atom is 0.196 e. The van der Waals surface area contributed by atoms with E-state index in [2.05, 4.69) is 60.0 Å². The molecule has 188 valence electrons. The van der Waals surface area contributed by atoms with Gasteiger partial charge in [-0.15, -0.1) is 0 Å². The molecule has 6 nitrogen and oxygen atoms in total. The number of rotatable bonds is 3. The fourth-order valence-corrected chi connectivity index (χ4v) is 5.94. The lowest BCUT2D eigenvalue weighted by atomic mass is 9.82. The van der Waals surface area contributed by atoms with Gasteiger partial charge in [-0.1, -0.05) is 30.3 Å². The first-order valence-electron chi connectivity index (χ1n) is 12.3. The van der Waals surface area contributed by atoms with Crippen molar-refractivity contribution in [1.29, 1.82) is 0 Å². The summed E-state index contributed by atoms with van der Waals surface area (Å²) >= 11 is 4.57. The molecule has 0 N–H and O–H groups in total. The zero-order chi connectivity index (χ0) is 26.7. The van der Waals surface area contributed by atoms with Gasteiger partial charge in [0, 0.05) is 35.8 Å². The second-order valence-corrected chi connectivity index (χ2v) is 11.7. The molecular weight excluding hydrogens is 714 g/mol. The molecule has 0 unspecified atom stereocenters. The highest BCUT2D eigenvalue weighted by atomic mass is 127. The van der Waals surface area contributed by atoms with E-state index in [9.17, 15) is 9.59 Å². The second kappa shape index (κ2) is 9.53. The quantitative estimate of drug-likeness (QED) is 0.177. The smallest absolute Gasteiger partial charge is 0.196 e.